The molecule has 0 radical (unpaired) electrons. The van der Waals surface area contributed by atoms with Crippen molar-refractivity contribution >= 4 is 5.69 Å². The summed E-state index contributed by atoms with van der Waals surface area (Å²) < 4.78 is 0. The van der Waals surface area contributed by atoms with Gasteiger partial charge in [-0.1, -0.05) is 26.0 Å². The highest BCUT2D eigenvalue weighted by molar-refractivity contribution is 5.74. The van der Waals surface area contributed by atoms with Crippen molar-refractivity contribution in [3.8, 4) is 11.3 Å². The van der Waals surface area contributed by atoms with Gasteiger partial charge in [-0.25, -0.2) is 0 Å². The molecule has 98 valence electrons. The zero-order chi connectivity index (χ0) is 13.4. The van der Waals surface area contributed by atoms with Crippen LogP contribution in [0, 0.1) is 0 Å². The molecule has 0 saturated carbocycles. The molecule has 0 atom stereocenters. The number of fused-ring (bicyclic) bond motifs is 1. The van der Waals surface area contributed by atoms with Crippen molar-refractivity contribution in [1.29, 1.82) is 0 Å². The summed E-state index contributed by atoms with van der Waals surface area (Å²) in [5.74, 6) is 0.543. The Hall–Kier alpha value is -1.83. The van der Waals surface area contributed by atoms with Crippen LogP contribution in [-0.2, 0) is 6.42 Å². The minimum atomic E-state index is 0.543. The maximum atomic E-state index is 4.58. The number of nitrogens with zero attached hydrogens (tertiary/aromatic N) is 2. The van der Waals surface area contributed by atoms with Gasteiger partial charge in [-0.05, 0) is 41.7 Å². The molecular weight excluding hydrogens is 232 g/mol. The molecule has 2 heteroatoms. The van der Waals surface area contributed by atoms with Crippen LogP contribution in [0.2, 0.25) is 0 Å². The smallest absolute Gasteiger partial charge is 0.0708 e. The molecule has 1 aliphatic heterocycles. The normalized spacial score (nSPS) is 14.0. The average molecular weight is 252 g/mol. The highest BCUT2D eigenvalue weighted by atomic mass is 15.1. The van der Waals surface area contributed by atoms with E-state index >= 15 is 0 Å². The van der Waals surface area contributed by atoms with E-state index in [2.05, 4.69) is 61.1 Å². The zero-order valence-electron chi connectivity index (χ0n) is 11.9. The topological polar surface area (TPSA) is 16.1 Å². The number of aromatic nitrogens is 1. The zero-order valence-corrected chi connectivity index (χ0v) is 11.9. The minimum Gasteiger partial charge on any atom is -0.374 e. The average Bonchev–Trinajstić information content (AvgIpc) is 2.81. The van der Waals surface area contributed by atoms with Gasteiger partial charge in [0.2, 0.25) is 0 Å². The molecule has 0 amide bonds. The van der Waals surface area contributed by atoms with E-state index in [0.29, 0.717) is 5.92 Å². The lowest BCUT2D eigenvalue weighted by Gasteiger charge is -2.13. The van der Waals surface area contributed by atoms with Gasteiger partial charge in [-0.3, -0.25) is 4.98 Å². The second-order valence-electron chi connectivity index (χ2n) is 5.60. The standard InChI is InChI=1S/C17H20N2/c1-12(2)13-7-9-18-16(11-13)14-5-4-6-17-15(14)8-10-19(17)3/h4-7,9,11-12H,8,10H2,1-3H3. The van der Waals surface area contributed by atoms with Gasteiger partial charge in [0.1, 0.15) is 0 Å². The molecule has 0 aliphatic carbocycles. The van der Waals surface area contributed by atoms with Gasteiger partial charge in [0.25, 0.3) is 0 Å². The fourth-order valence-corrected chi connectivity index (χ4v) is 2.79. The molecule has 1 aromatic heterocycles. The Morgan fingerprint density at radius 2 is 2.05 bits per heavy atom. The number of hydrogen-bond acceptors (Lipinski definition) is 2. The fourth-order valence-electron chi connectivity index (χ4n) is 2.79. The first-order chi connectivity index (χ1) is 9.16. The molecule has 19 heavy (non-hydrogen) atoms. The van der Waals surface area contributed by atoms with Gasteiger partial charge in [0.05, 0.1) is 5.69 Å². The maximum Gasteiger partial charge on any atom is 0.0708 e. The third kappa shape index (κ3) is 2.12. The molecule has 0 bridgehead atoms. The van der Waals surface area contributed by atoms with Gasteiger partial charge in [0, 0.05) is 31.0 Å². The molecule has 2 heterocycles. The molecule has 0 fully saturated rings. The maximum absolute atomic E-state index is 4.58. The Morgan fingerprint density at radius 1 is 1.21 bits per heavy atom. The van der Waals surface area contributed by atoms with Crippen LogP contribution in [0.3, 0.4) is 0 Å². The van der Waals surface area contributed by atoms with Gasteiger partial charge in [0.15, 0.2) is 0 Å². The Balaban J connectivity index is 2.11. The SMILES string of the molecule is CC(C)c1ccnc(-c2cccc3c2CCN3C)c1. The van der Waals surface area contributed by atoms with Crippen molar-refractivity contribution in [2.24, 2.45) is 0 Å². The summed E-state index contributed by atoms with van der Waals surface area (Å²) in [6.45, 7) is 5.56. The van der Waals surface area contributed by atoms with Crippen LogP contribution < -0.4 is 4.90 Å². The number of hydrogen-bond donors (Lipinski definition) is 0. The molecule has 0 unspecified atom stereocenters. The van der Waals surface area contributed by atoms with Crippen molar-refractivity contribution in [1.82, 2.24) is 4.98 Å². The largest absolute Gasteiger partial charge is 0.374 e. The first-order valence-electron chi connectivity index (χ1n) is 6.96. The molecule has 0 N–H and O–H groups in total. The number of benzene rings is 1. The van der Waals surface area contributed by atoms with E-state index in [4.69, 9.17) is 0 Å². The fraction of sp³-hybridized carbons (Fsp3) is 0.353. The van der Waals surface area contributed by atoms with Gasteiger partial charge >= 0.3 is 0 Å². The molecular formula is C17H20N2. The predicted molar refractivity (Wildman–Crippen MR) is 80.7 cm³/mol. The first-order valence-corrected chi connectivity index (χ1v) is 6.96. The van der Waals surface area contributed by atoms with Crippen molar-refractivity contribution in [2.45, 2.75) is 26.2 Å². The van der Waals surface area contributed by atoms with Crippen LogP contribution in [-0.4, -0.2) is 18.6 Å². The lowest BCUT2D eigenvalue weighted by molar-refractivity contribution is 0.863. The summed E-state index contributed by atoms with van der Waals surface area (Å²) in [4.78, 5) is 6.90. The molecule has 3 rings (SSSR count). The van der Waals surface area contributed by atoms with Crippen molar-refractivity contribution in [3.05, 3.63) is 47.7 Å². The van der Waals surface area contributed by atoms with E-state index in [0.717, 1.165) is 18.7 Å². The number of pyridine rings is 1. The molecule has 1 aromatic carbocycles. The molecule has 1 aliphatic rings. The number of anilines is 1. The van der Waals surface area contributed by atoms with Crippen LogP contribution in [0.25, 0.3) is 11.3 Å². The Morgan fingerprint density at radius 3 is 2.84 bits per heavy atom. The Kier molecular flexibility index (Phi) is 3.02. The second-order valence-corrected chi connectivity index (χ2v) is 5.60. The van der Waals surface area contributed by atoms with Crippen molar-refractivity contribution in [3.63, 3.8) is 0 Å². The number of rotatable bonds is 2. The molecule has 0 saturated heterocycles. The third-order valence-electron chi connectivity index (χ3n) is 3.99. The Bertz CT molecular complexity index is 602. The second kappa shape index (κ2) is 4.69. The van der Waals surface area contributed by atoms with E-state index in [1.165, 1.54) is 22.4 Å². The highest BCUT2D eigenvalue weighted by Gasteiger charge is 2.19. The summed E-state index contributed by atoms with van der Waals surface area (Å²) in [7, 11) is 2.16. The van der Waals surface area contributed by atoms with Gasteiger partial charge in [-0.2, -0.15) is 0 Å². The third-order valence-corrected chi connectivity index (χ3v) is 3.99. The van der Waals surface area contributed by atoms with Crippen LogP contribution >= 0.6 is 0 Å². The van der Waals surface area contributed by atoms with Crippen LogP contribution in [0.1, 0.15) is 30.9 Å². The monoisotopic (exact) mass is 252 g/mol. The first kappa shape index (κ1) is 12.2. The summed E-state index contributed by atoms with van der Waals surface area (Å²) >= 11 is 0. The van der Waals surface area contributed by atoms with Crippen molar-refractivity contribution < 1.29 is 0 Å². The molecule has 0 spiro atoms. The van der Waals surface area contributed by atoms with E-state index in [9.17, 15) is 0 Å². The lowest BCUT2D eigenvalue weighted by Crippen LogP contribution is -2.12. The van der Waals surface area contributed by atoms with Crippen LogP contribution in [0.5, 0.6) is 0 Å². The summed E-state index contributed by atoms with van der Waals surface area (Å²) in [6.07, 6.45) is 3.05. The number of likely N-dealkylation sites (N-methyl/N-ethyl adjacent to an activating group) is 1. The summed E-state index contributed by atoms with van der Waals surface area (Å²) in [5.41, 5.74) is 6.56. The molecule has 2 aromatic rings. The van der Waals surface area contributed by atoms with E-state index in [-0.39, 0.29) is 0 Å². The van der Waals surface area contributed by atoms with E-state index in [1.54, 1.807) is 0 Å². The van der Waals surface area contributed by atoms with Gasteiger partial charge in [-0.15, -0.1) is 0 Å². The quantitative estimate of drug-likeness (QED) is 0.806. The van der Waals surface area contributed by atoms with Gasteiger partial charge < -0.3 is 4.90 Å². The predicted octanol–water partition coefficient (Wildman–Crippen LogP) is 3.86. The lowest BCUT2D eigenvalue weighted by atomic mass is 9.98. The highest BCUT2D eigenvalue weighted by Crippen LogP contribution is 2.35. The minimum absolute atomic E-state index is 0.543. The van der Waals surface area contributed by atoms with Crippen LogP contribution in [0.15, 0.2) is 36.5 Å². The summed E-state index contributed by atoms with van der Waals surface area (Å²) in [6, 6.07) is 10.9. The molecule has 2 nitrogen and oxygen atoms in total. The van der Waals surface area contributed by atoms with E-state index in [1.807, 2.05) is 6.20 Å². The van der Waals surface area contributed by atoms with Crippen LogP contribution in [0.4, 0.5) is 5.69 Å². The van der Waals surface area contributed by atoms with E-state index < -0.39 is 0 Å². The summed E-state index contributed by atoms with van der Waals surface area (Å²) in [5, 5.41) is 0. The van der Waals surface area contributed by atoms with Crippen molar-refractivity contribution in [2.75, 3.05) is 18.5 Å². The Labute approximate surface area is 115 Å².